The number of carbonyl (C=O) groups is 2. The van der Waals surface area contributed by atoms with Gasteiger partial charge >= 0.3 is 12.1 Å². The zero-order chi connectivity index (χ0) is 15.2. The third-order valence-electron chi connectivity index (χ3n) is 2.98. The molecule has 1 aromatic carbocycles. The molecule has 0 spiro atoms. The summed E-state index contributed by atoms with van der Waals surface area (Å²) in [4.78, 5) is 22.6. The normalized spacial score (nSPS) is 17.3. The Morgan fingerprint density at radius 3 is 2.95 bits per heavy atom. The lowest BCUT2D eigenvalue weighted by atomic mass is 10.1. The van der Waals surface area contributed by atoms with Gasteiger partial charge in [0.2, 0.25) is 0 Å². The van der Waals surface area contributed by atoms with Crippen LogP contribution in [0.1, 0.15) is 12.0 Å². The molecule has 2 rings (SSSR count). The van der Waals surface area contributed by atoms with Crippen molar-refractivity contribution in [2.45, 2.75) is 19.6 Å². The van der Waals surface area contributed by atoms with Gasteiger partial charge in [-0.3, -0.25) is 0 Å². The molecule has 1 atom stereocenters. The Bertz CT molecular complexity index is 571. The van der Waals surface area contributed by atoms with Crippen LogP contribution in [0.2, 0.25) is 0 Å². The number of hydrogen-bond donors (Lipinski definition) is 5. The highest BCUT2D eigenvalue weighted by Crippen LogP contribution is 2.09. The number of rotatable bonds is 4. The summed E-state index contributed by atoms with van der Waals surface area (Å²) in [6.45, 7) is 2.29. The van der Waals surface area contributed by atoms with Gasteiger partial charge in [-0.05, 0) is 36.6 Å². The summed E-state index contributed by atoms with van der Waals surface area (Å²) in [5, 5.41) is 19.8. The number of urea groups is 2. The van der Waals surface area contributed by atoms with Crippen molar-refractivity contribution < 1.29 is 14.7 Å². The quantitative estimate of drug-likeness (QED) is 0.572. The molecule has 0 fully saturated rings. The van der Waals surface area contributed by atoms with Crippen LogP contribution in [0, 0.1) is 6.92 Å². The van der Waals surface area contributed by atoms with Crippen molar-refractivity contribution in [3.63, 3.8) is 0 Å². The number of aliphatic hydroxyl groups is 1. The molecule has 0 bridgehead atoms. The van der Waals surface area contributed by atoms with E-state index in [-0.39, 0.29) is 6.03 Å². The molecule has 0 saturated carbocycles. The molecule has 0 radical (unpaired) electrons. The first-order chi connectivity index (χ1) is 10.0. The standard InChI is InChI=1S/C14H18N4O3/c1-9-3-2-4-11(7-9)17-13(20)15-6-5-10-8-16-14(21)18-12(10)19/h2-4,7-8,12,19H,5-6H2,1H3,(H2,15,17,20)(H2,16,18,21). The van der Waals surface area contributed by atoms with E-state index in [2.05, 4.69) is 21.3 Å². The molecule has 7 heteroatoms. The van der Waals surface area contributed by atoms with Crippen LogP contribution in [0.25, 0.3) is 0 Å². The van der Waals surface area contributed by atoms with Gasteiger partial charge in [0.15, 0.2) is 6.23 Å². The molecular weight excluding hydrogens is 272 g/mol. The second kappa shape index (κ2) is 6.76. The minimum Gasteiger partial charge on any atom is -0.370 e. The molecule has 112 valence electrons. The van der Waals surface area contributed by atoms with E-state index < -0.39 is 12.3 Å². The molecule has 4 amide bonds. The van der Waals surface area contributed by atoms with Crippen LogP contribution in [0.5, 0.6) is 0 Å². The summed E-state index contributed by atoms with van der Waals surface area (Å²) in [5.74, 6) is 0. The van der Waals surface area contributed by atoms with Crippen LogP contribution in [0.4, 0.5) is 15.3 Å². The molecule has 7 nitrogen and oxygen atoms in total. The lowest BCUT2D eigenvalue weighted by molar-refractivity contribution is 0.161. The largest absolute Gasteiger partial charge is 0.370 e. The minimum absolute atomic E-state index is 0.316. The third-order valence-corrected chi connectivity index (χ3v) is 2.98. The molecule has 1 unspecified atom stereocenters. The topological polar surface area (TPSA) is 102 Å². The van der Waals surface area contributed by atoms with Gasteiger partial charge in [-0.1, -0.05) is 12.1 Å². The maximum absolute atomic E-state index is 11.7. The number of nitrogens with one attached hydrogen (secondary N) is 4. The molecule has 1 aliphatic heterocycles. The van der Waals surface area contributed by atoms with Gasteiger partial charge in [0.25, 0.3) is 0 Å². The van der Waals surface area contributed by atoms with Gasteiger partial charge in [0.1, 0.15) is 0 Å². The molecule has 0 saturated heterocycles. The highest BCUT2D eigenvalue weighted by atomic mass is 16.3. The van der Waals surface area contributed by atoms with Crippen LogP contribution >= 0.6 is 0 Å². The Balaban J connectivity index is 1.76. The average molecular weight is 290 g/mol. The fourth-order valence-corrected chi connectivity index (χ4v) is 1.92. The van der Waals surface area contributed by atoms with Crippen molar-refractivity contribution in [3.05, 3.63) is 41.6 Å². The highest BCUT2D eigenvalue weighted by molar-refractivity contribution is 5.89. The predicted molar refractivity (Wildman–Crippen MR) is 78.6 cm³/mol. The Kier molecular flexibility index (Phi) is 4.78. The van der Waals surface area contributed by atoms with Crippen molar-refractivity contribution >= 4 is 17.7 Å². The minimum atomic E-state index is -1.01. The Labute approximate surface area is 122 Å². The van der Waals surface area contributed by atoms with E-state index in [1.807, 2.05) is 25.1 Å². The lowest BCUT2D eigenvalue weighted by Crippen LogP contribution is -2.46. The highest BCUT2D eigenvalue weighted by Gasteiger charge is 2.18. The van der Waals surface area contributed by atoms with E-state index in [0.29, 0.717) is 18.5 Å². The van der Waals surface area contributed by atoms with Gasteiger partial charge < -0.3 is 26.4 Å². The van der Waals surface area contributed by atoms with E-state index in [9.17, 15) is 14.7 Å². The molecule has 1 aliphatic rings. The van der Waals surface area contributed by atoms with Crippen LogP contribution in [-0.4, -0.2) is 29.9 Å². The van der Waals surface area contributed by atoms with Gasteiger partial charge in [-0.15, -0.1) is 0 Å². The summed E-state index contributed by atoms with van der Waals surface area (Å²) in [6.07, 6.45) is 0.861. The Hall–Kier alpha value is -2.54. The molecular formula is C14H18N4O3. The first-order valence-electron chi connectivity index (χ1n) is 6.60. The van der Waals surface area contributed by atoms with Crippen molar-refractivity contribution in [3.8, 4) is 0 Å². The van der Waals surface area contributed by atoms with Crippen molar-refractivity contribution in [2.75, 3.05) is 11.9 Å². The maximum Gasteiger partial charge on any atom is 0.321 e. The second-order valence-corrected chi connectivity index (χ2v) is 4.74. The van der Waals surface area contributed by atoms with E-state index in [4.69, 9.17) is 0 Å². The number of hydrogen-bond acceptors (Lipinski definition) is 3. The zero-order valence-corrected chi connectivity index (χ0v) is 11.6. The first kappa shape index (κ1) is 14.9. The van der Waals surface area contributed by atoms with Gasteiger partial charge in [0, 0.05) is 18.4 Å². The molecule has 0 aromatic heterocycles. The third kappa shape index (κ3) is 4.50. The van der Waals surface area contributed by atoms with Crippen LogP contribution < -0.4 is 21.3 Å². The molecule has 1 heterocycles. The first-order valence-corrected chi connectivity index (χ1v) is 6.60. The van der Waals surface area contributed by atoms with Gasteiger partial charge in [-0.25, -0.2) is 9.59 Å². The van der Waals surface area contributed by atoms with Gasteiger partial charge in [0.05, 0.1) is 0 Å². The Morgan fingerprint density at radius 1 is 1.43 bits per heavy atom. The summed E-state index contributed by atoms with van der Waals surface area (Å²) in [6, 6.07) is 6.72. The monoisotopic (exact) mass is 290 g/mol. The van der Waals surface area contributed by atoms with E-state index in [1.54, 1.807) is 6.07 Å². The molecule has 21 heavy (non-hydrogen) atoms. The summed E-state index contributed by atoms with van der Waals surface area (Å²) >= 11 is 0. The fraction of sp³-hybridized carbons (Fsp3) is 0.286. The second-order valence-electron chi connectivity index (χ2n) is 4.74. The number of carbonyl (C=O) groups excluding carboxylic acids is 2. The van der Waals surface area contributed by atoms with E-state index in [0.717, 1.165) is 11.3 Å². The Morgan fingerprint density at radius 2 is 2.24 bits per heavy atom. The number of aliphatic hydroxyl groups excluding tert-OH is 1. The molecule has 5 N–H and O–H groups in total. The predicted octanol–water partition coefficient (Wildman–Crippen LogP) is 1.02. The maximum atomic E-state index is 11.7. The fourth-order valence-electron chi connectivity index (χ4n) is 1.92. The van der Waals surface area contributed by atoms with Crippen molar-refractivity contribution in [1.29, 1.82) is 0 Å². The summed E-state index contributed by atoms with van der Waals surface area (Å²) in [7, 11) is 0. The number of aryl methyl sites for hydroxylation is 1. The van der Waals surface area contributed by atoms with Crippen molar-refractivity contribution in [1.82, 2.24) is 16.0 Å². The smallest absolute Gasteiger partial charge is 0.321 e. The average Bonchev–Trinajstić information content (AvgIpc) is 2.41. The van der Waals surface area contributed by atoms with Crippen LogP contribution in [-0.2, 0) is 0 Å². The molecule has 0 aliphatic carbocycles. The SMILES string of the molecule is Cc1cccc(NC(=O)NCCC2=CNC(=O)NC2O)c1. The lowest BCUT2D eigenvalue weighted by Gasteiger charge is -2.21. The van der Waals surface area contributed by atoms with Crippen LogP contribution in [0.15, 0.2) is 36.0 Å². The zero-order valence-electron chi connectivity index (χ0n) is 11.6. The van der Waals surface area contributed by atoms with E-state index in [1.165, 1.54) is 6.20 Å². The van der Waals surface area contributed by atoms with Crippen molar-refractivity contribution in [2.24, 2.45) is 0 Å². The summed E-state index contributed by atoms with van der Waals surface area (Å²) < 4.78 is 0. The van der Waals surface area contributed by atoms with E-state index >= 15 is 0 Å². The summed E-state index contributed by atoms with van der Waals surface area (Å²) in [5.41, 5.74) is 2.38. The molecule has 1 aromatic rings. The number of benzene rings is 1. The van der Waals surface area contributed by atoms with Gasteiger partial charge in [-0.2, -0.15) is 0 Å². The van der Waals surface area contributed by atoms with Crippen LogP contribution in [0.3, 0.4) is 0 Å². The number of anilines is 1. The number of amides is 4.